The van der Waals surface area contributed by atoms with Gasteiger partial charge in [-0.2, -0.15) is 0 Å². The summed E-state index contributed by atoms with van der Waals surface area (Å²) in [6.45, 7) is 0. The van der Waals surface area contributed by atoms with Gasteiger partial charge in [-0.25, -0.2) is 0 Å². The Balaban J connectivity index is 0.000000250. The van der Waals surface area contributed by atoms with Crippen LogP contribution < -0.4 is 0 Å². The van der Waals surface area contributed by atoms with E-state index in [0.29, 0.717) is 0 Å². The van der Waals surface area contributed by atoms with Crippen LogP contribution in [0, 0.1) is 0 Å². The smallest absolute Gasteiger partial charge is 0.000496 e. The van der Waals surface area contributed by atoms with Crippen LogP contribution in [0.2, 0.25) is 0 Å². The summed E-state index contributed by atoms with van der Waals surface area (Å²) in [6, 6.07) is 3.89. The number of rotatable bonds is 0. The molecule has 0 bridgehead atoms. The molecule has 0 aliphatic rings. The van der Waals surface area contributed by atoms with Gasteiger partial charge in [0.15, 0.2) is 0 Å². The zero-order valence-corrected chi connectivity index (χ0v) is 5.81. The van der Waals surface area contributed by atoms with E-state index in [2.05, 4.69) is 4.98 Å². The molecule has 1 heterocycles. The van der Waals surface area contributed by atoms with Crippen LogP contribution in [0.25, 0.3) is 0 Å². The van der Waals surface area contributed by atoms with Gasteiger partial charge in [-0.15, -0.1) is 0 Å². The predicted molar refractivity (Wildman–Crippen MR) is 26.5 cm³/mol. The molecule has 1 N–H and O–H groups in total. The van der Waals surface area contributed by atoms with Gasteiger partial charge < -0.3 is 4.98 Å². The molecule has 1 aromatic heterocycles. The monoisotopic (exact) mass is 90.0 g/mol. The number of nitrogens with one attached hydrogen (secondary N) is 1. The Bertz CT molecular complexity index is 64.0. The van der Waals surface area contributed by atoms with Crippen LogP contribution in [0.4, 0.5) is 0 Å². The van der Waals surface area contributed by atoms with Crippen LogP contribution in [-0.2, 0) is 0 Å². The standard InChI is InChI=1S/C4H5N.Na/c1-2-4-5-3-1;/h1-5H;. The zero-order valence-electron chi connectivity index (χ0n) is 3.81. The Labute approximate surface area is 59.1 Å². The number of hydrogen-bond acceptors (Lipinski definition) is 0. The van der Waals surface area contributed by atoms with Crippen molar-refractivity contribution in [1.82, 2.24) is 4.98 Å². The predicted octanol–water partition coefficient (Wildman–Crippen LogP) is 0.634. The summed E-state index contributed by atoms with van der Waals surface area (Å²) in [5.41, 5.74) is 0. The second kappa shape index (κ2) is 3.47. The Kier molecular flexibility index (Phi) is 3.63. The van der Waals surface area contributed by atoms with E-state index >= 15 is 0 Å². The third-order valence-electron chi connectivity index (χ3n) is 0.496. The quantitative estimate of drug-likeness (QED) is 0.450. The SMILES string of the molecule is [Na].c1cc[nH]c1. The average Bonchev–Trinajstić information content (AvgIpc) is 1.76. The molecule has 27 valence electrons. The molecule has 1 aromatic rings. The fourth-order valence-corrected chi connectivity index (χ4v) is 0.278. The van der Waals surface area contributed by atoms with Gasteiger partial charge in [-0.3, -0.25) is 0 Å². The van der Waals surface area contributed by atoms with Crippen LogP contribution in [0.15, 0.2) is 24.5 Å². The molecule has 2 heteroatoms. The van der Waals surface area contributed by atoms with Crippen molar-refractivity contribution in [2.45, 2.75) is 0 Å². The topological polar surface area (TPSA) is 15.8 Å². The maximum Gasteiger partial charge on any atom is 0.000496 e. The molecule has 6 heavy (non-hydrogen) atoms. The molecule has 0 unspecified atom stereocenters. The summed E-state index contributed by atoms with van der Waals surface area (Å²) < 4.78 is 0. The van der Waals surface area contributed by atoms with Crippen molar-refractivity contribution >= 4 is 29.6 Å². The molecule has 1 radical (unpaired) electrons. The number of H-pyrrole nitrogens is 1. The van der Waals surface area contributed by atoms with Crippen LogP contribution in [0.3, 0.4) is 0 Å². The Morgan fingerprint density at radius 2 is 1.50 bits per heavy atom. The fraction of sp³-hybridized carbons (Fsp3) is 0. The van der Waals surface area contributed by atoms with E-state index < -0.39 is 0 Å². The Morgan fingerprint density at radius 1 is 1.00 bits per heavy atom. The summed E-state index contributed by atoms with van der Waals surface area (Å²) in [4.78, 5) is 2.86. The van der Waals surface area contributed by atoms with Gasteiger partial charge in [-0.05, 0) is 12.1 Å². The summed E-state index contributed by atoms with van der Waals surface area (Å²) >= 11 is 0. The first-order valence-corrected chi connectivity index (χ1v) is 1.58. The molecule has 1 rings (SSSR count). The van der Waals surface area contributed by atoms with E-state index in [1.807, 2.05) is 24.5 Å². The van der Waals surface area contributed by atoms with Crippen molar-refractivity contribution in [1.29, 1.82) is 0 Å². The van der Waals surface area contributed by atoms with Gasteiger partial charge in [0.1, 0.15) is 0 Å². The molecule has 0 amide bonds. The van der Waals surface area contributed by atoms with Crippen LogP contribution >= 0.6 is 0 Å². The van der Waals surface area contributed by atoms with Gasteiger partial charge in [-0.1, -0.05) is 0 Å². The number of hydrogen-bond donors (Lipinski definition) is 1. The van der Waals surface area contributed by atoms with Gasteiger partial charge in [0.05, 0.1) is 0 Å². The van der Waals surface area contributed by atoms with Crippen molar-refractivity contribution in [3.05, 3.63) is 24.5 Å². The second-order valence-corrected chi connectivity index (χ2v) is 0.885. The largest absolute Gasteiger partial charge is 0.368 e. The molecule has 0 spiro atoms. The van der Waals surface area contributed by atoms with E-state index in [4.69, 9.17) is 0 Å². The van der Waals surface area contributed by atoms with E-state index in [1.54, 1.807) is 0 Å². The van der Waals surface area contributed by atoms with Gasteiger partial charge in [0.2, 0.25) is 0 Å². The summed E-state index contributed by atoms with van der Waals surface area (Å²) in [5.74, 6) is 0. The molecule has 0 aromatic carbocycles. The van der Waals surface area contributed by atoms with Gasteiger partial charge in [0.25, 0.3) is 0 Å². The van der Waals surface area contributed by atoms with E-state index in [-0.39, 0.29) is 29.6 Å². The fourth-order valence-electron chi connectivity index (χ4n) is 0.278. The van der Waals surface area contributed by atoms with Crippen molar-refractivity contribution in [3.63, 3.8) is 0 Å². The minimum Gasteiger partial charge on any atom is -0.368 e. The Hall–Kier alpha value is 0.280. The summed E-state index contributed by atoms with van der Waals surface area (Å²) in [5, 5.41) is 0. The first-order chi connectivity index (χ1) is 2.50. The first kappa shape index (κ1) is 6.28. The third-order valence-corrected chi connectivity index (χ3v) is 0.496. The summed E-state index contributed by atoms with van der Waals surface area (Å²) in [6.07, 6.45) is 3.75. The van der Waals surface area contributed by atoms with Crippen molar-refractivity contribution in [2.24, 2.45) is 0 Å². The summed E-state index contributed by atoms with van der Waals surface area (Å²) in [7, 11) is 0. The first-order valence-electron chi connectivity index (χ1n) is 1.58. The molecule has 0 atom stereocenters. The Morgan fingerprint density at radius 3 is 1.67 bits per heavy atom. The van der Waals surface area contributed by atoms with Crippen LogP contribution in [-0.4, -0.2) is 34.5 Å². The third kappa shape index (κ3) is 1.65. The van der Waals surface area contributed by atoms with E-state index in [0.717, 1.165) is 0 Å². The minimum absolute atomic E-state index is 0. The van der Waals surface area contributed by atoms with Crippen molar-refractivity contribution in [2.75, 3.05) is 0 Å². The van der Waals surface area contributed by atoms with Crippen LogP contribution in [0.1, 0.15) is 0 Å². The molecule has 0 aliphatic heterocycles. The van der Waals surface area contributed by atoms with Crippen molar-refractivity contribution in [3.8, 4) is 0 Å². The van der Waals surface area contributed by atoms with E-state index in [9.17, 15) is 0 Å². The average molecular weight is 90.1 g/mol. The molecule has 0 saturated carbocycles. The molecule has 0 saturated heterocycles. The molecule has 1 nitrogen and oxygen atoms in total. The molecular weight excluding hydrogens is 85.0 g/mol. The number of aromatic nitrogens is 1. The second-order valence-electron chi connectivity index (χ2n) is 0.885. The van der Waals surface area contributed by atoms with Gasteiger partial charge in [0, 0.05) is 42.0 Å². The normalized spacial score (nSPS) is 6.67. The van der Waals surface area contributed by atoms with Gasteiger partial charge >= 0.3 is 0 Å². The van der Waals surface area contributed by atoms with Crippen LogP contribution in [0.5, 0.6) is 0 Å². The maximum absolute atomic E-state index is 2.86. The maximum atomic E-state index is 2.86. The number of aromatic amines is 1. The minimum atomic E-state index is 0. The molecule has 0 fully saturated rings. The zero-order chi connectivity index (χ0) is 3.54. The molecule has 0 aliphatic carbocycles. The van der Waals surface area contributed by atoms with E-state index in [1.165, 1.54) is 0 Å². The molecular formula is C4H5NNa. The van der Waals surface area contributed by atoms with Crippen molar-refractivity contribution < 1.29 is 0 Å².